The van der Waals surface area contributed by atoms with E-state index in [0.717, 1.165) is 51.2 Å². The molecule has 3 aliphatic heterocycles. The monoisotopic (exact) mass is 329 g/mol. The molecule has 0 aromatic rings. The molecule has 3 atom stereocenters. The average molecular weight is 330 g/mol. The third kappa shape index (κ3) is 4.76. The average Bonchev–Trinajstić information content (AvgIpc) is 3.18. The summed E-state index contributed by atoms with van der Waals surface area (Å²) < 4.78 is 24.7. The maximum atomic E-state index is 6.33. The minimum atomic E-state index is -2.58. The largest absolute Gasteiger partial charge is 0.501 e. The van der Waals surface area contributed by atoms with Gasteiger partial charge in [-0.05, 0) is 46.0 Å². The first kappa shape index (κ1) is 16.9. The van der Waals surface area contributed by atoms with Gasteiger partial charge in [0.25, 0.3) is 0 Å². The minimum absolute atomic E-state index is 0.180. The van der Waals surface area contributed by atoms with Crippen molar-refractivity contribution < 1.29 is 18.0 Å². The second-order valence-electron chi connectivity index (χ2n) is 7.31. The van der Waals surface area contributed by atoms with Crippen molar-refractivity contribution in [2.24, 2.45) is 5.92 Å². The van der Waals surface area contributed by atoms with Gasteiger partial charge in [-0.15, -0.1) is 0 Å². The maximum Gasteiger partial charge on any atom is 0.501 e. The Labute approximate surface area is 135 Å². The zero-order valence-corrected chi connectivity index (χ0v) is 15.3. The smallest absolute Gasteiger partial charge is 0.381 e. The highest BCUT2D eigenvalue weighted by atomic mass is 28.4. The lowest BCUT2D eigenvalue weighted by Crippen LogP contribution is -2.61. The van der Waals surface area contributed by atoms with Crippen LogP contribution in [0.15, 0.2) is 0 Å². The highest BCUT2D eigenvalue weighted by molar-refractivity contribution is 6.60. The molecule has 0 N–H and O–H groups in total. The SMILES string of the molecule is CC1CN2CC(C)O[Si](CCCOCC3CC3)(O1)OC(C)C2. The summed E-state index contributed by atoms with van der Waals surface area (Å²) >= 11 is 0. The Morgan fingerprint density at radius 2 is 1.50 bits per heavy atom. The van der Waals surface area contributed by atoms with E-state index in [1.165, 1.54) is 12.8 Å². The molecular weight excluding hydrogens is 298 g/mol. The summed E-state index contributed by atoms with van der Waals surface area (Å²) in [4.78, 5) is 2.40. The summed E-state index contributed by atoms with van der Waals surface area (Å²) in [5.74, 6) is 0.827. The lowest BCUT2D eigenvalue weighted by molar-refractivity contribution is -0.0796. The van der Waals surface area contributed by atoms with Gasteiger partial charge < -0.3 is 18.0 Å². The normalized spacial score (nSPS) is 42.7. The van der Waals surface area contributed by atoms with E-state index in [-0.39, 0.29) is 18.3 Å². The first-order chi connectivity index (χ1) is 10.5. The van der Waals surface area contributed by atoms with Gasteiger partial charge in [-0.1, -0.05) is 0 Å². The van der Waals surface area contributed by atoms with E-state index in [2.05, 4.69) is 25.7 Å². The summed E-state index contributed by atoms with van der Waals surface area (Å²) in [5, 5.41) is 0. The van der Waals surface area contributed by atoms with E-state index in [1.54, 1.807) is 0 Å². The fourth-order valence-corrected chi connectivity index (χ4v) is 6.69. The Kier molecular flexibility index (Phi) is 5.58. The summed E-state index contributed by atoms with van der Waals surface area (Å²) in [5.41, 5.74) is 0. The van der Waals surface area contributed by atoms with Gasteiger partial charge in [-0.25, -0.2) is 0 Å². The standard InChI is InChI=1S/C16H31NO4Si/c1-13-9-17-10-14(2)20-22(19-13,21-15(3)11-17)8-4-7-18-12-16-5-6-16/h13-16H,4-12H2,1-3H3. The molecule has 3 saturated heterocycles. The van der Waals surface area contributed by atoms with Crippen LogP contribution in [0, 0.1) is 5.92 Å². The van der Waals surface area contributed by atoms with Crippen molar-refractivity contribution in [1.82, 2.24) is 4.90 Å². The van der Waals surface area contributed by atoms with Crippen molar-refractivity contribution in [2.75, 3.05) is 32.8 Å². The number of rotatable bonds is 6. The van der Waals surface area contributed by atoms with Gasteiger partial charge >= 0.3 is 8.80 Å². The Morgan fingerprint density at radius 3 is 2.00 bits per heavy atom. The molecule has 0 amide bonds. The van der Waals surface area contributed by atoms with Crippen molar-refractivity contribution in [3.63, 3.8) is 0 Å². The molecule has 0 spiro atoms. The number of ether oxygens (including phenoxy) is 1. The number of hydrogen-bond donors (Lipinski definition) is 0. The van der Waals surface area contributed by atoms with Gasteiger partial charge in [-0.2, -0.15) is 0 Å². The van der Waals surface area contributed by atoms with Crippen molar-refractivity contribution in [2.45, 2.75) is 64.4 Å². The highest BCUT2D eigenvalue weighted by Crippen LogP contribution is 2.30. The van der Waals surface area contributed by atoms with E-state index in [9.17, 15) is 0 Å². The van der Waals surface area contributed by atoms with Gasteiger partial charge in [0.2, 0.25) is 0 Å². The lowest BCUT2D eigenvalue weighted by atomic mass is 10.2. The molecule has 0 aromatic heterocycles. The molecule has 3 heterocycles. The molecule has 2 bridgehead atoms. The fraction of sp³-hybridized carbons (Fsp3) is 1.00. The molecule has 4 fully saturated rings. The number of nitrogens with zero attached hydrogens (tertiary/aromatic N) is 1. The van der Waals surface area contributed by atoms with E-state index in [1.807, 2.05) is 0 Å². The van der Waals surface area contributed by atoms with E-state index in [4.69, 9.17) is 18.0 Å². The molecule has 128 valence electrons. The maximum absolute atomic E-state index is 6.33. The topological polar surface area (TPSA) is 40.2 Å². The summed E-state index contributed by atoms with van der Waals surface area (Å²) in [6.07, 6.45) is 4.19. The Hall–Kier alpha value is 0.0169. The highest BCUT2D eigenvalue weighted by Gasteiger charge is 2.48. The van der Waals surface area contributed by atoms with Crippen LogP contribution in [0.5, 0.6) is 0 Å². The van der Waals surface area contributed by atoms with Gasteiger partial charge in [0.05, 0.1) is 18.3 Å². The predicted octanol–water partition coefficient (Wildman–Crippen LogP) is 2.29. The number of hydrogen-bond acceptors (Lipinski definition) is 5. The van der Waals surface area contributed by atoms with Crippen molar-refractivity contribution in [3.8, 4) is 0 Å². The van der Waals surface area contributed by atoms with Crippen LogP contribution in [0.3, 0.4) is 0 Å². The molecular formula is C16H31NO4Si. The van der Waals surface area contributed by atoms with Crippen LogP contribution in [-0.4, -0.2) is 64.9 Å². The van der Waals surface area contributed by atoms with E-state index >= 15 is 0 Å². The molecule has 1 saturated carbocycles. The molecule has 4 rings (SSSR count). The molecule has 4 aliphatic rings. The predicted molar refractivity (Wildman–Crippen MR) is 86.8 cm³/mol. The Bertz CT molecular complexity index is 330. The zero-order chi connectivity index (χ0) is 15.6. The van der Waals surface area contributed by atoms with Crippen LogP contribution in [0.4, 0.5) is 0 Å². The molecule has 3 unspecified atom stereocenters. The molecule has 5 nitrogen and oxygen atoms in total. The van der Waals surface area contributed by atoms with Crippen LogP contribution in [-0.2, 0) is 18.0 Å². The van der Waals surface area contributed by atoms with Crippen molar-refractivity contribution in [3.05, 3.63) is 0 Å². The second kappa shape index (κ2) is 7.28. The fourth-order valence-electron chi connectivity index (χ4n) is 3.53. The molecule has 1 aliphatic carbocycles. The summed E-state index contributed by atoms with van der Waals surface area (Å²) in [6.45, 7) is 11.1. The second-order valence-corrected chi connectivity index (χ2v) is 9.88. The zero-order valence-electron chi connectivity index (χ0n) is 14.3. The van der Waals surface area contributed by atoms with Crippen LogP contribution < -0.4 is 0 Å². The number of fused-ring (bicyclic) bond motifs is 6. The molecule has 0 radical (unpaired) electrons. The summed E-state index contributed by atoms with van der Waals surface area (Å²) in [6, 6.07) is 0.872. The van der Waals surface area contributed by atoms with Gasteiger partial charge in [0, 0.05) is 38.9 Å². The third-order valence-corrected chi connectivity index (χ3v) is 7.76. The van der Waals surface area contributed by atoms with Gasteiger partial charge in [-0.3, -0.25) is 4.90 Å². The van der Waals surface area contributed by atoms with Crippen LogP contribution in [0.25, 0.3) is 0 Å². The Morgan fingerprint density at radius 1 is 0.955 bits per heavy atom. The Balaban J connectivity index is 1.57. The van der Waals surface area contributed by atoms with Gasteiger partial charge in [0.1, 0.15) is 0 Å². The van der Waals surface area contributed by atoms with Crippen molar-refractivity contribution >= 4 is 8.80 Å². The first-order valence-corrected chi connectivity index (χ1v) is 10.8. The minimum Gasteiger partial charge on any atom is -0.381 e. The van der Waals surface area contributed by atoms with Crippen LogP contribution in [0.2, 0.25) is 6.04 Å². The van der Waals surface area contributed by atoms with E-state index in [0.29, 0.717) is 0 Å². The van der Waals surface area contributed by atoms with Crippen LogP contribution in [0.1, 0.15) is 40.0 Å². The summed E-state index contributed by atoms with van der Waals surface area (Å²) in [7, 11) is -2.58. The molecule has 0 aromatic carbocycles. The lowest BCUT2D eigenvalue weighted by Gasteiger charge is -2.45. The van der Waals surface area contributed by atoms with E-state index < -0.39 is 8.80 Å². The van der Waals surface area contributed by atoms with Crippen LogP contribution >= 0.6 is 0 Å². The molecule has 6 heteroatoms. The first-order valence-electron chi connectivity index (χ1n) is 8.88. The quantitative estimate of drug-likeness (QED) is 0.552. The van der Waals surface area contributed by atoms with Gasteiger partial charge in [0.15, 0.2) is 0 Å². The van der Waals surface area contributed by atoms with Crippen molar-refractivity contribution in [1.29, 1.82) is 0 Å². The third-order valence-electron chi connectivity index (χ3n) is 4.51. The molecule has 22 heavy (non-hydrogen) atoms.